The van der Waals surface area contributed by atoms with Crippen LogP contribution in [0.25, 0.3) is 11.0 Å². The van der Waals surface area contributed by atoms with Crippen LogP contribution in [0.4, 0.5) is 0 Å². The van der Waals surface area contributed by atoms with E-state index in [-0.39, 0.29) is 6.04 Å². The quantitative estimate of drug-likeness (QED) is 0.694. The Morgan fingerprint density at radius 2 is 2.15 bits per heavy atom. The summed E-state index contributed by atoms with van der Waals surface area (Å²) in [4.78, 5) is 2.61. The first kappa shape index (κ1) is 13.9. The number of hydrogen-bond acceptors (Lipinski definition) is 3. The molecule has 0 radical (unpaired) electrons. The number of para-hydroxylation sites is 1. The van der Waals surface area contributed by atoms with Crippen LogP contribution in [-0.2, 0) is 0 Å². The molecule has 104 valence electrons. The number of aryl methyl sites for hydroxylation is 1. The normalized spacial score (nSPS) is 12.9. The molecule has 0 saturated heterocycles. The Hall–Kier alpha value is -1.10. The largest absolute Gasteiger partial charge is 0.458 e. The van der Waals surface area contributed by atoms with Gasteiger partial charge in [0.05, 0.1) is 4.47 Å². The molecular weight excluding hydrogens is 334 g/mol. The van der Waals surface area contributed by atoms with Crippen molar-refractivity contribution < 1.29 is 4.42 Å². The van der Waals surface area contributed by atoms with E-state index >= 15 is 0 Å². The van der Waals surface area contributed by atoms with Gasteiger partial charge in [0.15, 0.2) is 0 Å². The lowest BCUT2D eigenvalue weighted by molar-refractivity contribution is 0.480. The first-order chi connectivity index (χ1) is 9.69. The van der Waals surface area contributed by atoms with Gasteiger partial charge >= 0.3 is 0 Å². The molecule has 3 aromatic rings. The Bertz CT molecular complexity index is 731. The third kappa shape index (κ3) is 2.55. The van der Waals surface area contributed by atoms with Crippen molar-refractivity contribution in [2.45, 2.75) is 19.9 Å². The average molecular weight is 350 g/mol. The van der Waals surface area contributed by atoms with E-state index in [0.717, 1.165) is 27.7 Å². The summed E-state index contributed by atoms with van der Waals surface area (Å²) in [7, 11) is 0. The fourth-order valence-corrected chi connectivity index (χ4v) is 3.77. The van der Waals surface area contributed by atoms with Crippen LogP contribution in [-0.4, -0.2) is 6.54 Å². The van der Waals surface area contributed by atoms with Crippen molar-refractivity contribution in [1.29, 1.82) is 0 Å². The highest BCUT2D eigenvalue weighted by Crippen LogP contribution is 2.34. The summed E-state index contributed by atoms with van der Waals surface area (Å²) in [5.74, 6) is 0.968. The van der Waals surface area contributed by atoms with Crippen LogP contribution < -0.4 is 5.32 Å². The Kier molecular flexibility index (Phi) is 3.96. The van der Waals surface area contributed by atoms with Gasteiger partial charge in [-0.2, -0.15) is 0 Å². The number of nitrogens with one attached hydrogen (secondary N) is 1. The zero-order chi connectivity index (χ0) is 14.1. The summed E-state index contributed by atoms with van der Waals surface area (Å²) in [6, 6.07) is 12.7. The summed E-state index contributed by atoms with van der Waals surface area (Å²) < 4.78 is 7.07. The van der Waals surface area contributed by atoms with E-state index in [2.05, 4.69) is 59.4 Å². The predicted octanol–water partition coefficient (Wildman–Crippen LogP) is 5.26. The van der Waals surface area contributed by atoms with Crippen molar-refractivity contribution in [3.63, 3.8) is 0 Å². The molecule has 1 aromatic carbocycles. The number of hydrogen-bond donors (Lipinski definition) is 1. The number of benzene rings is 1. The minimum atomic E-state index is 0.123. The van der Waals surface area contributed by atoms with Gasteiger partial charge in [-0.3, -0.25) is 0 Å². The highest BCUT2D eigenvalue weighted by Gasteiger charge is 2.19. The molecule has 20 heavy (non-hydrogen) atoms. The molecule has 1 N–H and O–H groups in total. The van der Waals surface area contributed by atoms with Crippen molar-refractivity contribution in [2.75, 3.05) is 6.54 Å². The molecule has 2 nitrogen and oxygen atoms in total. The van der Waals surface area contributed by atoms with Crippen LogP contribution >= 0.6 is 27.3 Å². The van der Waals surface area contributed by atoms with E-state index in [0.29, 0.717) is 0 Å². The van der Waals surface area contributed by atoms with Crippen LogP contribution in [0.1, 0.15) is 28.5 Å². The molecule has 0 amide bonds. The number of fused-ring (bicyclic) bond motifs is 1. The fraction of sp³-hybridized carbons (Fsp3) is 0.250. The highest BCUT2D eigenvalue weighted by atomic mass is 79.9. The van der Waals surface area contributed by atoms with E-state index in [9.17, 15) is 0 Å². The van der Waals surface area contributed by atoms with Crippen LogP contribution in [0.5, 0.6) is 0 Å². The second-order valence-corrected chi connectivity index (χ2v) is 6.92. The lowest BCUT2D eigenvalue weighted by atomic mass is 10.1. The predicted molar refractivity (Wildman–Crippen MR) is 88.5 cm³/mol. The maximum atomic E-state index is 6.07. The first-order valence-electron chi connectivity index (χ1n) is 6.66. The smallest absolute Gasteiger partial charge is 0.148 e. The number of furan rings is 1. The minimum Gasteiger partial charge on any atom is -0.458 e. The summed E-state index contributed by atoms with van der Waals surface area (Å²) in [6.07, 6.45) is 0. The van der Waals surface area contributed by atoms with Crippen LogP contribution in [0.2, 0.25) is 0 Å². The van der Waals surface area contributed by atoms with E-state index in [1.165, 1.54) is 9.75 Å². The number of rotatable bonds is 4. The Labute approximate surface area is 130 Å². The SMILES string of the molecule is CCNC(c1cc2cccc(Br)c2o1)c1ccc(C)s1. The Balaban J connectivity index is 2.07. The molecule has 0 spiro atoms. The van der Waals surface area contributed by atoms with Gasteiger partial charge in [0.1, 0.15) is 17.4 Å². The van der Waals surface area contributed by atoms with E-state index < -0.39 is 0 Å². The molecule has 0 saturated carbocycles. The summed E-state index contributed by atoms with van der Waals surface area (Å²) in [5.41, 5.74) is 0.915. The Morgan fingerprint density at radius 1 is 1.30 bits per heavy atom. The molecule has 1 atom stereocenters. The third-order valence-electron chi connectivity index (χ3n) is 3.25. The van der Waals surface area contributed by atoms with Gasteiger partial charge in [-0.1, -0.05) is 19.1 Å². The molecule has 0 aliphatic carbocycles. The summed E-state index contributed by atoms with van der Waals surface area (Å²) in [6.45, 7) is 5.15. The van der Waals surface area contributed by atoms with E-state index in [4.69, 9.17) is 4.42 Å². The topological polar surface area (TPSA) is 25.2 Å². The average Bonchev–Trinajstić information content (AvgIpc) is 3.03. The maximum Gasteiger partial charge on any atom is 0.148 e. The highest BCUT2D eigenvalue weighted by molar-refractivity contribution is 9.10. The van der Waals surface area contributed by atoms with E-state index in [1.807, 2.05) is 23.5 Å². The Morgan fingerprint density at radius 3 is 2.80 bits per heavy atom. The van der Waals surface area contributed by atoms with Crippen LogP contribution in [0, 0.1) is 6.92 Å². The standard InChI is InChI=1S/C16H16BrNOS/c1-3-18-15(14-8-7-10(2)20-14)13-9-11-5-4-6-12(17)16(11)19-13/h4-9,15,18H,3H2,1-2H3. The molecule has 4 heteroatoms. The van der Waals surface area contributed by atoms with Gasteiger partial charge < -0.3 is 9.73 Å². The molecule has 3 rings (SSSR count). The monoisotopic (exact) mass is 349 g/mol. The van der Waals surface area contributed by atoms with Gasteiger partial charge in [0.2, 0.25) is 0 Å². The second-order valence-electron chi connectivity index (χ2n) is 4.75. The fourth-order valence-electron chi connectivity index (χ4n) is 2.34. The van der Waals surface area contributed by atoms with Gasteiger partial charge in [-0.25, -0.2) is 0 Å². The molecule has 2 aromatic heterocycles. The molecule has 1 unspecified atom stereocenters. The van der Waals surface area contributed by atoms with Crippen molar-refractivity contribution in [1.82, 2.24) is 5.32 Å². The molecule has 2 heterocycles. The van der Waals surface area contributed by atoms with Crippen molar-refractivity contribution in [2.24, 2.45) is 0 Å². The zero-order valence-electron chi connectivity index (χ0n) is 11.4. The maximum absolute atomic E-state index is 6.07. The molecule has 0 aliphatic rings. The lowest BCUT2D eigenvalue weighted by Crippen LogP contribution is -2.20. The first-order valence-corrected chi connectivity index (χ1v) is 8.27. The number of halogens is 1. The summed E-state index contributed by atoms with van der Waals surface area (Å²) in [5, 5.41) is 4.64. The van der Waals surface area contributed by atoms with Crippen molar-refractivity contribution in [3.05, 3.63) is 56.4 Å². The lowest BCUT2D eigenvalue weighted by Gasteiger charge is -2.13. The van der Waals surface area contributed by atoms with Gasteiger partial charge in [-0.05, 0) is 53.7 Å². The van der Waals surface area contributed by atoms with Gasteiger partial charge in [0, 0.05) is 15.1 Å². The molecular formula is C16H16BrNOS. The zero-order valence-corrected chi connectivity index (χ0v) is 13.8. The summed E-state index contributed by atoms with van der Waals surface area (Å²) >= 11 is 5.36. The van der Waals surface area contributed by atoms with Gasteiger partial charge in [-0.15, -0.1) is 11.3 Å². The van der Waals surface area contributed by atoms with Crippen LogP contribution in [0.15, 0.2) is 45.3 Å². The van der Waals surface area contributed by atoms with Gasteiger partial charge in [0.25, 0.3) is 0 Å². The van der Waals surface area contributed by atoms with Crippen molar-refractivity contribution in [3.8, 4) is 0 Å². The second kappa shape index (κ2) is 5.72. The molecule has 0 bridgehead atoms. The minimum absolute atomic E-state index is 0.123. The van der Waals surface area contributed by atoms with E-state index in [1.54, 1.807) is 0 Å². The molecule has 0 fully saturated rings. The van der Waals surface area contributed by atoms with Crippen molar-refractivity contribution >= 4 is 38.2 Å². The third-order valence-corrected chi connectivity index (χ3v) is 4.94. The van der Waals surface area contributed by atoms with Crippen LogP contribution in [0.3, 0.4) is 0 Å². The molecule has 0 aliphatic heterocycles. The number of thiophene rings is 1.